The molecule has 5 nitrogen and oxygen atoms in total. The number of aromatic nitrogens is 1. The number of amides is 1. The number of carbonyl (C=O) groups excluding carboxylic acids is 1. The summed E-state index contributed by atoms with van der Waals surface area (Å²) >= 11 is 1.36. The standard InChI is InChI=1S/C22H28F2N2O3S/c1-14(2)11-20(27)26-9-4-7-22(28,8-10-26)21-25-15(3)19(30-21)13-29-16-5-6-17(23)18(24)12-16/h5-6,12,14,28H,4,7-11,13H2,1-3H3/t22-/m0/s1. The van der Waals surface area contributed by atoms with Gasteiger partial charge in [-0.1, -0.05) is 13.8 Å². The first kappa shape index (κ1) is 22.6. The summed E-state index contributed by atoms with van der Waals surface area (Å²) in [5, 5.41) is 11.9. The molecule has 3 rings (SSSR count). The monoisotopic (exact) mass is 438 g/mol. The molecule has 1 aromatic heterocycles. The van der Waals surface area contributed by atoms with Crippen LogP contribution in [-0.2, 0) is 17.0 Å². The molecule has 1 saturated heterocycles. The van der Waals surface area contributed by atoms with E-state index in [1.54, 1.807) is 0 Å². The fraction of sp³-hybridized carbons (Fsp3) is 0.545. The highest BCUT2D eigenvalue weighted by Crippen LogP contribution is 2.37. The Morgan fingerprint density at radius 2 is 2.07 bits per heavy atom. The van der Waals surface area contributed by atoms with Crippen LogP contribution < -0.4 is 4.74 Å². The number of aryl methyl sites for hydroxylation is 1. The number of carbonyl (C=O) groups is 1. The van der Waals surface area contributed by atoms with Crippen LogP contribution in [0, 0.1) is 24.5 Å². The van der Waals surface area contributed by atoms with E-state index >= 15 is 0 Å². The third-order valence-corrected chi connectivity index (χ3v) is 6.63. The van der Waals surface area contributed by atoms with Gasteiger partial charge in [0.1, 0.15) is 23.0 Å². The fourth-order valence-electron chi connectivity index (χ4n) is 3.54. The first-order chi connectivity index (χ1) is 14.2. The van der Waals surface area contributed by atoms with Gasteiger partial charge in [-0.25, -0.2) is 13.8 Å². The smallest absolute Gasteiger partial charge is 0.222 e. The zero-order valence-corrected chi connectivity index (χ0v) is 18.4. The molecule has 2 heterocycles. The van der Waals surface area contributed by atoms with Crippen molar-refractivity contribution in [1.29, 1.82) is 0 Å². The van der Waals surface area contributed by atoms with Crippen LogP contribution in [0.3, 0.4) is 0 Å². The Balaban J connectivity index is 1.67. The molecule has 1 atom stereocenters. The number of halogens is 2. The van der Waals surface area contributed by atoms with Gasteiger partial charge in [-0.2, -0.15) is 0 Å². The van der Waals surface area contributed by atoms with E-state index in [2.05, 4.69) is 4.98 Å². The first-order valence-electron chi connectivity index (χ1n) is 10.2. The second-order valence-corrected chi connectivity index (χ2v) is 9.34. The fourth-order valence-corrected chi connectivity index (χ4v) is 4.66. The van der Waals surface area contributed by atoms with Crippen molar-refractivity contribution in [2.24, 2.45) is 5.92 Å². The average molecular weight is 439 g/mol. The van der Waals surface area contributed by atoms with Gasteiger partial charge in [0.2, 0.25) is 5.91 Å². The summed E-state index contributed by atoms with van der Waals surface area (Å²) in [6, 6.07) is 3.40. The zero-order valence-electron chi connectivity index (χ0n) is 17.6. The van der Waals surface area contributed by atoms with Crippen molar-refractivity contribution in [2.75, 3.05) is 13.1 Å². The quantitative estimate of drug-likeness (QED) is 0.719. The minimum absolute atomic E-state index is 0.130. The molecule has 0 aliphatic carbocycles. The topological polar surface area (TPSA) is 62.7 Å². The van der Waals surface area contributed by atoms with Gasteiger partial charge in [0.25, 0.3) is 0 Å². The number of rotatable bonds is 6. The number of aliphatic hydroxyl groups is 1. The van der Waals surface area contributed by atoms with Crippen LogP contribution in [0.2, 0.25) is 0 Å². The van der Waals surface area contributed by atoms with E-state index < -0.39 is 17.2 Å². The van der Waals surface area contributed by atoms with Gasteiger partial charge in [0, 0.05) is 32.0 Å². The number of thiazole rings is 1. The van der Waals surface area contributed by atoms with Crippen molar-refractivity contribution < 1.29 is 23.4 Å². The zero-order chi connectivity index (χ0) is 21.9. The van der Waals surface area contributed by atoms with Gasteiger partial charge in [0.05, 0.1) is 10.6 Å². The summed E-state index contributed by atoms with van der Waals surface area (Å²) in [4.78, 5) is 19.6. The molecule has 1 N–H and O–H groups in total. The van der Waals surface area contributed by atoms with Crippen molar-refractivity contribution in [3.63, 3.8) is 0 Å². The average Bonchev–Trinajstić information content (AvgIpc) is 2.93. The van der Waals surface area contributed by atoms with E-state index in [-0.39, 0.29) is 18.3 Å². The number of hydrogen-bond donors (Lipinski definition) is 1. The Morgan fingerprint density at radius 1 is 1.30 bits per heavy atom. The van der Waals surface area contributed by atoms with Gasteiger partial charge >= 0.3 is 0 Å². The number of nitrogens with zero attached hydrogens (tertiary/aromatic N) is 2. The van der Waals surface area contributed by atoms with E-state index in [1.165, 1.54) is 17.4 Å². The molecule has 0 bridgehead atoms. The minimum atomic E-state index is -1.08. The van der Waals surface area contributed by atoms with Crippen molar-refractivity contribution in [2.45, 2.75) is 58.7 Å². The molecule has 164 valence electrons. The molecule has 1 aromatic carbocycles. The van der Waals surface area contributed by atoms with E-state index in [0.29, 0.717) is 49.7 Å². The molecule has 1 fully saturated rings. The highest BCUT2D eigenvalue weighted by molar-refractivity contribution is 7.11. The lowest BCUT2D eigenvalue weighted by atomic mass is 9.96. The Kier molecular flexibility index (Phi) is 7.08. The Hall–Kier alpha value is -2.06. The number of hydrogen-bond acceptors (Lipinski definition) is 5. The maximum atomic E-state index is 13.4. The largest absolute Gasteiger partial charge is 0.488 e. The third kappa shape index (κ3) is 5.35. The molecule has 1 amide bonds. The molecule has 0 unspecified atom stereocenters. The SMILES string of the molecule is Cc1nc([C@]2(O)CCCN(C(=O)CC(C)C)CC2)sc1COc1ccc(F)c(F)c1. The van der Waals surface area contributed by atoms with Crippen LogP contribution in [-0.4, -0.2) is 34.0 Å². The third-order valence-electron chi connectivity index (χ3n) is 5.30. The summed E-state index contributed by atoms with van der Waals surface area (Å²) in [5.74, 6) is -1.21. The summed E-state index contributed by atoms with van der Waals surface area (Å²) < 4.78 is 32.0. The molecule has 0 saturated carbocycles. The van der Waals surface area contributed by atoms with Gasteiger partial charge in [-0.15, -0.1) is 11.3 Å². The lowest BCUT2D eigenvalue weighted by Gasteiger charge is -2.25. The molecule has 1 aliphatic heterocycles. The maximum Gasteiger partial charge on any atom is 0.222 e. The second-order valence-electron chi connectivity index (χ2n) is 8.26. The molecule has 0 spiro atoms. The van der Waals surface area contributed by atoms with Crippen LogP contribution in [0.4, 0.5) is 8.78 Å². The molecule has 8 heteroatoms. The number of likely N-dealkylation sites (tertiary alicyclic amines) is 1. The Morgan fingerprint density at radius 3 is 2.77 bits per heavy atom. The van der Waals surface area contributed by atoms with Crippen molar-refractivity contribution in [3.8, 4) is 5.75 Å². The molecule has 30 heavy (non-hydrogen) atoms. The lowest BCUT2D eigenvalue weighted by Crippen LogP contribution is -2.34. The second kappa shape index (κ2) is 9.39. The summed E-state index contributed by atoms with van der Waals surface area (Å²) in [6.07, 6.45) is 2.20. The first-order valence-corrected chi connectivity index (χ1v) is 11.0. The maximum absolute atomic E-state index is 13.4. The molecule has 2 aromatic rings. The lowest BCUT2D eigenvalue weighted by molar-refractivity contribution is -0.132. The van der Waals surface area contributed by atoms with Gasteiger partial charge in [0.15, 0.2) is 11.6 Å². The highest BCUT2D eigenvalue weighted by atomic mass is 32.1. The van der Waals surface area contributed by atoms with Crippen LogP contribution in [0.1, 0.15) is 55.1 Å². The normalized spacial score (nSPS) is 19.8. The van der Waals surface area contributed by atoms with Gasteiger partial charge in [-0.05, 0) is 37.8 Å². The summed E-state index contributed by atoms with van der Waals surface area (Å²) in [7, 11) is 0. The predicted octanol–water partition coefficient (Wildman–Crippen LogP) is 4.55. The van der Waals surface area contributed by atoms with Crippen LogP contribution in [0.5, 0.6) is 5.75 Å². The van der Waals surface area contributed by atoms with E-state index in [9.17, 15) is 18.7 Å². The van der Waals surface area contributed by atoms with Crippen LogP contribution >= 0.6 is 11.3 Å². The number of ether oxygens (including phenoxy) is 1. The van der Waals surface area contributed by atoms with E-state index in [4.69, 9.17) is 4.74 Å². The van der Waals surface area contributed by atoms with E-state index in [0.717, 1.165) is 22.7 Å². The predicted molar refractivity (Wildman–Crippen MR) is 111 cm³/mol. The van der Waals surface area contributed by atoms with Gasteiger partial charge in [-0.3, -0.25) is 4.79 Å². The van der Waals surface area contributed by atoms with Crippen molar-refractivity contribution in [3.05, 3.63) is 45.4 Å². The van der Waals surface area contributed by atoms with Crippen molar-refractivity contribution >= 4 is 17.2 Å². The Bertz CT molecular complexity index is 903. The molecular weight excluding hydrogens is 410 g/mol. The molecule has 1 aliphatic rings. The highest BCUT2D eigenvalue weighted by Gasteiger charge is 2.36. The molecular formula is C22H28F2N2O3S. The summed E-state index contributed by atoms with van der Waals surface area (Å²) in [6.45, 7) is 7.18. The number of benzene rings is 1. The van der Waals surface area contributed by atoms with Gasteiger partial charge < -0.3 is 14.7 Å². The van der Waals surface area contributed by atoms with Crippen LogP contribution in [0.25, 0.3) is 0 Å². The Labute approximate surface area is 179 Å². The van der Waals surface area contributed by atoms with E-state index in [1.807, 2.05) is 25.7 Å². The minimum Gasteiger partial charge on any atom is -0.488 e. The molecule has 0 radical (unpaired) electrons. The summed E-state index contributed by atoms with van der Waals surface area (Å²) in [5.41, 5.74) is -0.342. The van der Waals surface area contributed by atoms with Crippen LogP contribution in [0.15, 0.2) is 18.2 Å². The van der Waals surface area contributed by atoms with Crippen molar-refractivity contribution in [1.82, 2.24) is 9.88 Å².